The topological polar surface area (TPSA) is 17.8 Å². The van der Waals surface area contributed by atoms with Gasteiger partial charge >= 0.3 is 6.18 Å². The summed E-state index contributed by atoms with van der Waals surface area (Å²) in [4.78, 5) is 0. The van der Waals surface area contributed by atoms with Crippen molar-refractivity contribution in [3.05, 3.63) is 18.0 Å². The van der Waals surface area contributed by atoms with Crippen LogP contribution in [0.15, 0.2) is 12.4 Å². The van der Waals surface area contributed by atoms with E-state index in [1.165, 1.54) is 5.56 Å². The van der Waals surface area contributed by atoms with Gasteiger partial charge in [0.15, 0.2) is 0 Å². The van der Waals surface area contributed by atoms with E-state index in [0.29, 0.717) is 18.9 Å². The van der Waals surface area contributed by atoms with Gasteiger partial charge in [-0.15, -0.1) is 0 Å². The molecule has 0 N–H and O–H groups in total. The minimum absolute atomic E-state index is 0.210. The van der Waals surface area contributed by atoms with E-state index in [2.05, 4.69) is 18.9 Å². The van der Waals surface area contributed by atoms with Gasteiger partial charge in [0.05, 0.1) is 6.20 Å². The predicted molar refractivity (Wildman–Crippen MR) is 60.8 cm³/mol. The van der Waals surface area contributed by atoms with E-state index in [9.17, 15) is 13.2 Å². The SMILES string of the molecule is CC(C)c1cnn(CCCCCC(F)(F)F)c1. The first kappa shape index (κ1) is 14.1. The first-order valence-electron chi connectivity index (χ1n) is 5.97. The van der Waals surface area contributed by atoms with E-state index in [1.54, 1.807) is 0 Å². The average molecular weight is 248 g/mol. The van der Waals surface area contributed by atoms with Crippen molar-refractivity contribution in [3.8, 4) is 0 Å². The molecule has 98 valence electrons. The fourth-order valence-corrected chi connectivity index (χ4v) is 1.58. The highest BCUT2D eigenvalue weighted by Crippen LogP contribution is 2.22. The molecule has 0 unspecified atom stereocenters. The fraction of sp³-hybridized carbons (Fsp3) is 0.750. The second kappa shape index (κ2) is 6.07. The van der Waals surface area contributed by atoms with Gasteiger partial charge in [-0.2, -0.15) is 18.3 Å². The summed E-state index contributed by atoms with van der Waals surface area (Å²) in [6.45, 7) is 4.87. The molecule has 0 bridgehead atoms. The minimum atomic E-state index is -4.02. The summed E-state index contributed by atoms with van der Waals surface area (Å²) in [7, 11) is 0. The Kier molecular flexibility index (Phi) is 5.02. The highest BCUT2D eigenvalue weighted by Gasteiger charge is 2.25. The lowest BCUT2D eigenvalue weighted by Crippen LogP contribution is -2.06. The third kappa shape index (κ3) is 5.75. The van der Waals surface area contributed by atoms with E-state index in [0.717, 1.165) is 6.42 Å². The molecule has 1 aromatic rings. The van der Waals surface area contributed by atoms with Crippen LogP contribution in [-0.2, 0) is 6.54 Å². The Hall–Kier alpha value is -1.00. The maximum absolute atomic E-state index is 11.9. The molecule has 0 saturated heterocycles. The first-order valence-corrected chi connectivity index (χ1v) is 5.97. The van der Waals surface area contributed by atoms with E-state index >= 15 is 0 Å². The highest BCUT2D eigenvalue weighted by molar-refractivity contribution is 5.08. The molecule has 1 heterocycles. The van der Waals surface area contributed by atoms with Crippen molar-refractivity contribution in [2.24, 2.45) is 0 Å². The Morgan fingerprint density at radius 3 is 2.47 bits per heavy atom. The van der Waals surface area contributed by atoms with E-state index < -0.39 is 12.6 Å². The molecule has 0 saturated carbocycles. The van der Waals surface area contributed by atoms with Gasteiger partial charge in [0.2, 0.25) is 0 Å². The van der Waals surface area contributed by atoms with Crippen molar-refractivity contribution in [3.63, 3.8) is 0 Å². The monoisotopic (exact) mass is 248 g/mol. The molecule has 1 aromatic heterocycles. The fourth-order valence-electron chi connectivity index (χ4n) is 1.58. The van der Waals surface area contributed by atoms with Gasteiger partial charge < -0.3 is 0 Å². The van der Waals surface area contributed by atoms with Crippen LogP contribution in [0.25, 0.3) is 0 Å². The quantitative estimate of drug-likeness (QED) is 0.692. The molecule has 0 aromatic carbocycles. The molecular weight excluding hydrogens is 229 g/mol. The van der Waals surface area contributed by atoms with Gasteiger partial charge in [0, 0.05) is 19.2 Å². The van der Waals surface area contributed by atoms with Crippen LogP contribution in [0.1, 0.15) is 51.0 Å². The molecule has 5 heteroatoms. The molecule has 17 heavy (non-hydrogen) atoms. The third-order valence-corrected chi connectivity index (χ3v) is 2.67. The number of hydrogen-bond acceptors (Lipinski definition) is 1. The van der Waals surface area contributed by atoms with Crippen molar-refractivity contribution >= 4 is 0 Å². The van der Waals surface area contributed by atoms with E-state index in [-0.39, 0.29) is 6.42 Å². The molecule has 0 spiro atoms. The summed E-state index contributed by atoms with van der Waals surface area (Å²) < 4.78 is 37.4. The van der Waals surface area contributed by atoms with Crippen molar-refractivity contribution in [2.75, 3.05) is 0 Å². The lowest BCUT2D eigenvalue weighted by Gasteiger charge is -2.05. The number of unbranched alkanes of at least 4 members (excludes halogenated alkanes) is 2. The maximum Gasteiger partial charge on any atom is 0.389 e. The molecule has 0 amide bonds. The third-order valence-electron chi connectivity index (χ3n) is 2.67. The predicted octanol–water partition coefficient (Wildman–Crippen LogP) is 4.13. The zero-order chi connectivity index (χ0) is 12.9. The number of hydrogen-bond donors (Lipinski definition) is 0. The van der Waals surface area contributed by atoms with Gasteiger partial charge in [-0.3, -0.25) is 4.68 Å². The zero-order valence-electron chi connectivity index (χ0n) is 10.3. The smallest absolute Gasteiger partial charge is 0.272 e. The summed E-state index contributed by atoms with van der Waals surface area (Å²) in [5.41, 5.74) is 1.17. The molecule has 0 atom stereocenters. The second-order valence-electron chi connectivity index (χ2n) is 4.62. The number of rotatable bonds is 6. The molecule has 0 aliphatic heterocycles. The molecular formula is C12H19F3N2. The van der Waals surface area contributed by atoms with Gasteiger partial charge in [0.1, 0.15) is 0 Å². The van der Waals surface area contributed by atoms with Gasteiger partial charge in [-0.1, -0.05) is 20.3 Å². The summed E-state index contributed by atoms with van der Waals surface area (Å²) in [5.74, 6) is 0.439. The molecule has 0 aliphatic carbocycles. The van der Waals surface area contributed by atoms with E-state index in [4.69, 9.17) is 0 Å². The Morgan fingerprint density at radius 2 is 1.94 bits per heavy atom. The maximum atomic E-state index is 11.9. The number of aryl methyl sites for hydroxylation is 1. The standard InChI is InChI=1S/C12H19F3N2/c1-10(2)11-8-16-17(9-11)7-5-3-4-6-12(13,14)15/h8-10H,3-7H2,1-2H3. The number of halogens is 3. The van der Waals surface area contributed by atoms with Crippen LogP contribution in [0.4, 0.5) is 13.2 Å². The Labute approximate surface area is 99.8 Å². The van der Waals surface area contributed by atoms with Crippen molar-refractivity contribution in [2.45, 2.75) is 58.2 Å². The largest absolute Gasteiger partial charge is 0.389 e. The molecule has 2 nitrogen and oxygen atoms in total. The lowest BCUT2D eigenvalue weighted by molar-refractivity contribution is -0.135. The van der Waals surface area contributed by atoms with Gasteiger partial charge in [-0.05, 0) is 24.3 Å². The zero-order valence-corrected chi connectivity index (χ0v) is 10.3. The first-order chi connectivity index (χ1) is 7.88. The van der Waals surface area contributed by atoms with Crippen molar-refractivity contribution < 1.29 is 13.2 Å². The van der Waals surface area contributed by atoms with Crippen LogP contribution in [0, 0.1) is 0 Å². The second-order valence-corrected chi connectivity index (χ2v) is 4.62. The molecule has 0 fully saturated rings. The normalized spacial score (nSPS) is 12.4. The van der Waals surface area contributed by atoms with Crippen LogP contribution in [0.2, 0.25) is 0 Å². The number of aromatic nitrogens is 2. The summed E-state index contributed by atoms with van der Waals surface area (Å²) in [6, 6.07) is 0. The Morgan fingerprint density at radius 1 is 1.24 bits per heavy atom. The minimum Gasteiger partial charge on any atom is -0.272 e. The van der Waals surface area contributed by atoms with Crippen LogP contribution in [0.5, 0.6) is 0 Å². The number of alkyl halides is 3. The molecule has 1 rings (SSSR count). The van der Waals surface area contributed by atoms with Crippen LogP contribution in [0.3, 0.4) is 0 Å². The Bertz CT molecular complexity index is 329. The van der Waals surface area contributed by atoms with E-state index in [1.807, 2.05) is 17.1 Å². The molecule has 0 radical (unpaired) electrons. The number of nitrogens with zero attached hydrogens (tertiary/aromatic N) is 2. The average Bonchev–Trinajstić information content (AvgIpc) is 2.64. The lowest BCUT2D eigenvalue weighted by atomic mass is 10.1. The summed E-state index contributed by atoms with van der Waals surface area (Å²) in [6.07, 6.45) is 0.641. The van der Waals surface area contributed by atoms with Gasteiger partial charge in [0.25, 0.3) is 0 Å². The highest BCUT2D eigenvalue weighted by atomic mass is 19.4. The summed E-state index contributed by atoms with van der Waals surface area (Å²) in [5, 5.41) is 4.18. The van der Waals surface area contributed by atoms with Gasteiger partial charge in [-0.25, -0.2) is 0 Å². The van der Waals surface area contributed by atoms with Crippen LogP contribution in [-0.4, -0.2) is 16.0 Å². The van der Waals surface area contributed by atoms with Crippen LogP contribution < -0.4 is 0 Å². The summed E-state index contributed by atoms with van der Waals surface area (Å²) >= 11 is 0. The van der Waals surface area contributed by atoms with Crippen LogP contribution >= 0.6 is 0 Å². The van der Waals surface area contributed by atoms with Crippen molar-refractivity contribution in [1.29, 1.82) is 0 Å². The molecule has 0 aliphatic rings. The van der Waals surface area contributed by atoms with Crippen molar-refractivity contribution in [1.82, 2.24) is 9.78 Å². The Balaban J connectivity index is 2.18.